The first-order valence-electron chi connectivity index (χ1n) is 6.93. The van der Waals surface area contributed by atoms with Crippen molar-refractivity contribution >= 4 is 38.3 Å². The molecule has 1 aromatic heterocycles. The van der Waals surface area contributed by atoms with Gasteiger partial charge in [-0.05, 0) is 31.2 Å². The molecule has 26 heavy (non-hydrogen) atoms. The van der Waals surface area contributed by atoms with Crippen LogP contribution in [0.15, 0.2) is 29.2 Å². The minimum Gasteiger partial charge on any atom is -0.368 e. The summed E-state index contributed by atoms with van der Waals surface area (Å²) in [5, 5.41) is 2.83. The van der Waals surface area contributed by atoms with Gasteiger partial charge in [-0.2, -0.15) is 23.4 Å². The van der Waals surface area contributed by atoms with E-state index >= 15 is 0 Å². The molecule has 0 aliphatic carbocycles. The fraction of sp³-hybridized carbons (Fsp3) is 0.250. The second-order valence-electron chi connectivity index (χ2n) is 4.66. The lowest BCUT2D eigenvalue weighted by Crippen LogP contribution is -2.09. The van der Waals surface area contributed by atoms with Gasteiger partial charge in [-0.15, -0.1) is 12.6 Å². The van der Waals surface area contributed by atoms with Gasteiger partial charge in [0.15, 0.2) is 0 Å². The van der Waals surface area contributed by atoms with Crippen LogP contribution in [0.1, 0.15) is 12.2 Å². The van der Waals surface area contributed by atoms with E-state index in [9.17, 15) is 8.42 Å². The smallest absolute Gasteiger partial charge is 0.368 e. The van der Waals surface area contributed by atoms with Gasteiger partial charge in [0.25, 0.3) is 10.1 Å². The Morgan fingerprint density at radius 2 is 1.81 bits per heavy atom. The topological polar surface area (TPSA) is 208 Å². The Morgan fingerprint density at radius 3 is 2.38 bits per heavy atom. The van der Waals surface area contributed by atoms with Crippen molar-refractivity contribution in [1.29, 1.82) is 0 Å². The lowest BCUT2D eigenvalue weighted by molar-refractivity contribution is 0.483. The van der Waals surface area contributed by atoms with E-state index in [0.29, 0.717) is 30.9 Å². The fourth-order valence-corrected chi connectivity index (χ4v) is 2.26. The third kappa shape index (κ3) is 7.93. The molecule has 0 saturated carbocycles. The molecule has 1 aromatic carbocycles. The molecule has 0 unspecified atom stereocenters. The van der Waals surface area contributed by atoms with Crippen LogP contribution < -0.4 is 16.8 Å². The molecule has 0 spiro atoms. The molecular weight excluding hydrogens is 388 g/mol. The predicted octanol–water partition coefficient (Wildman–Crippen LogP) is -0.669. The molecule has 2 rings (SSSR count). The highest BCUT2D eigenvalue weighted by Crippen LogP contribution is 2.18. The molecule has 0 aliphatic rings. The highest BCUT2D eigenvalue weighted by molar-refractivity contribution is 7.85. The van der Waals surface area contributed by atoms with E-state index in [1.165, 1.54) is 18.2 Å². The molecule has 6 N–H and O–H groups in total. The number of rotatable bonds is 6. The Balaban J connectivity index is 0.000000765. The molecule has 1 heterocycles. The van der Waals surface area contributed by atoms with Crippen LogP contribution in [0.4, 0.5) is 17.6 Å². The summed E-state index contributed by atoms with van der Waals surface area (Å²) in [5.41, 5.74) is 11.4. The molecule has 14 heteroatoms. The second kappa shape index (κ2) is 9.71. The zero-order chi connectivity index (χ0) is 19.7. The van der Waals surface area contributed by atoms with E-state index < -0.39 is 20.7 Å². The maximum absolute atomic E-state index is 11.1. The molecule has 0 saturated heterocycles. The quantitative estimate of drug-likeness (QED) is 0.442. The summed E-state index contributed by atoms with van der Waals surface area (Å²) in [6.07, 6.45) is 1.27. The molecule has 2 aromatic rings. The second-order valence-corrected chi connectivity index (χ2v) is 6.49. The molecule has 0 fully saturated rings. The van der Waals surface area contributed by atoms with E-state index in [4.69, 9.17) is 28.6 Å². The standard InChI is InChI=1S/C12H16N6O3S.O3S/c13-6-2-5-10-16-11(14)18-12(17-10)15-8-3-1-4-9(7-8)22(19,20)21;1-4(2)3/h1,3-4,7H,2,5-6,13H2,(H,19,20,21)(H3,14,15,16,17,18);. The number of hydrogen-bond acceptors (Lipinski definition) is 11. The van der Waals surface area contributed by atoms with Crippen LogP contribution in [-0.4, -0.2) is 47.1 Å². The summed E-state index contributed by atoms with van der Waals surface area (Å²) in [5.74, 6) is 0.730. The number of aromatic nitrogens is 3. The molecule has 0 radical (unpaired) electrons. The maximum atomic E-state index is 11.1. The number of nitrogens with one attached hydrogen (secondary N) is 1. The fourth-order valence-electron chi connectivity index (χ4n) is 1.73. The summed E-state index contributed by atoms with van der Waals surface area (Å²) in [4.78, 5) is 11.9. The van der Waals surface area contributed by atoms with Crippen molar-refractivity contribution in [3.63, 3.8) is 0 Å². The summed E-state index contributed by atoms with van der Waals surface area (Å²) >= 11 is 0. The van der Waals surface area contributed by atoms with Crippen molar-refractivity contribution in [3.8, 4) is 0 Å². The Morgan fingerprint density at radius 1 is 1.15 bits per heavy atom. The summed E-state index contributed by atoms with van der Waals surface area (Å²) < 4.78 is 56.6. The molecule has 142 valence electrons. The van der Waals surface area contributed by atoms with Crippen molar-refractivity contribution in [2.24, 2.45) is 5.73 Å². The summed E-state index contributed by atoms with van der Waals surface area (Å²) in [7, 11) is -7.39. The van der Waals surface area contributed by atoms with E-state index in [2.05, 4.69) is 20.3 Å². The number of nitrogen functional groups attached to an aromatic ring is 1. The zero-order valence-electron chi connectivity index (χ0n) is 13.2. The Bertz CT molecular complexity index is 958. The van der Waals surface area contributed by atoms with E-state index in [1.807, 2.05) is 0 Å². The van der Waals surface area contributed by atoms with Crippen LogP contribution in [0.5, 0.6) is 0 Å². The number of nitrogens with zero attached hydrogens (tertiary/aromatic N) is 3. The molecule has 0 bridgehead atoms. The number of aryl methyl sites for hydroxylation is 1. The Kier molecular flexibility index (Phi) is 7.98. The highest BCUT2D eigenvalue weighted by Gasteiger charge is 2.11. The van der Waals surface area contributed by atoms with Gasteiger partial charge < -0.3 is 16.8 Å². The van der Waals surface area contributed by atoms with Gasteiger partial charge in [-0.25, -0.2) is 0 Å². The Labute approximate surface area is 150 Å². The third-order valence-electron chi connectivity index (χ3n) is 2.69. The largest absolute Gasteiger partial charge is 0.425 e. The maximum Gasteiger partial charge on any atom is 0.425 e. The summed E-state index contributed by atoms with van der Waals surface area (Å²) in [6, 6.07) is 5.61. The van der Waals surface area contributed by atoms with Crippen LogP contribution in [0.3, 0.4) is 0 Å². The average molecular weight is 404 g/mol. The molecule has 12 nitrogen and oxygen atoms in total. The van der Waals surface area contributed by atoms with Crippen LogP contribution in [-0.2, 0) is 27.1 Å². The van der Waals surface area contributed by atoms with Crippen LogP contribution >= 0.6 is 0 Å². The lowest BCUT2D eigenvalue weighted by atomic mass is 10.3. The predicted molar refractivity (Wildman–Crippen MR) is 90.9 cm³/mol. The van der Waals surface area contributed by atoms with Gasteiger partial charge in [-0.1, -0.05) is 6.07 Å². The number of benzene rings is 1. The van der Waals surface area contributed by atoms with Gasteiger partial charge in [0, 0.05) is 12.1 Å². The van der Waals surface area contributed by atoms with E-state index in [-0.39, 0.29) is 16.8 Å². The molecule has 0 amide bonds. The van der Waals surface area contributed by atoms with Gasteiger partial charge in [0.2, 0.25) is 11.9 Å². The van der Waals surface area contributed by atoms with Crippen molar-refractivity contribution in [2.75, 3.05) is 17.6 Å². The van der Waals surface area contributed by atoms with Gasteiger partial charge in [0.05, 0.1) is 4.90 Å². The first-order valence-corrected chi connectivity index (χ1v) is 9.37. The molecule has 0 atom stereocenters. The van der Waals surface area contributed by atoms with Crippen molar-refractivity contribution in [3.05, 3.63) is 30.1 Å². The van der Waals surface area contributed by atoms with Crippen molar-refractivity contribution in [2.45, 2.75) is 17.7 Å². The molecule has 0 aliphatic heterocycles. The normalized spacial score (nSPS) is 10.5. The monoisotopic (exact) mass is 404 g/mol. The molecular formula is C12H16N6O6S2. The van der Waals surface area contributed by atoms with Gasteiger partial charge in [-0.3, -0.25) is 4.55 Å². The first-order chi connectivity index (χ1) is 12.1. The van der Waals surface area contributed by atoms with Crippen LogP contribution in [0.25, 0.3) is 0 Å². The third-order valence-corrected chi connectivity index (χ3v) is 3.54. The van der Waals surface area contributed by atoms with Crippen LogP contribution in [0.2, 0.25) is 0 Å². The minimum atomic E-state index is -4.28. The van der Waals surface area contributed by atoms with Crippen LogP contribution in [0, 0.1) is 0 Å². The zero-order valence-corrected chi connectivity index (χ0v) is 14.9. The van der Waals surface area contributed by atoms with Crippen molar-refractivity contribution in [1.82, 2.24) is 15.0 Å². The van der Waals surface area contributed by atoms with Crippen molar-refractivity contribution < 1.29 is 25.6 Å². The van der Waals surface area contributed by atoms with E-state index in [1.54, 1.807) is 6.07 Å². The van der Waals surface area contributed by atoms with Gasteiger partial charge >= 0.3 is 10.6 Å². The number of hydrogen-bond donors (Lipinski definition) is 4. The summed E-state index contributed by atoms with van der Waals surface area (Å²) in [6.45, 7) is 0.505. The Hall–Kier alpha value is -2.68. The van der Waals surface area contributed by atoms with Gasteiger partial charge in [0.1, 0.15) is 5.82 Å². The average Bonchev–Trinajstić information content (AvgIpc) is 2.51. The first kappa shape index (κ1) is 21.4. The number of nitrogens with two attached hydrogens (primary N) is 2. The lowest BCUT2D eigenvalue weighted by Gasteiger charge is -2.08. The minimum absolute atomic E-state index is 0.0513. The SMILES string of the molecule is NCCCc1nc(N)nc(Nc2cccc(S(=O)(=O)O)c2)n1.O=S(=O)=O. The number of anilines is 3. The van der Waals surface area contributed by atoms with E-state index in [0.717, 1.165) is 0 Å². The highest BCUT2D eigenvalue weighted by atomic mass is 32.2.